The van der Waals surface area contributed by atoms with Gasteiger partial charge in [-0.1, -0.05) is 27.7 Å². The monoisotopic (exact) mass is 285 g/mol. The molecule has 3 atom stereocenters. The molecule has 0 aromatic heterocycles. The lowest BCUT2D eigenvalue weighted by Crippen LogP contribution is -2.56. The van der Waals surface area contributed by atoms with Crippen LogP contribution in [0.25, 0.3) is 0 Å². The second-order valence-corrected chi connectivity index (χ2v) is 6.89. The summed E-state index contributed by atoms with van der Waals surface area (Å²) in [7, 11) is 2.06. The van der Waals surface area contributed by atoms with Gasteiger partial charge in [0.1, 0.15) is 6.04 Å². The Morgan fingerprint density at radius 2 is 1.95 bits per heavy atom. The van der Waals surface area contributed by atoms with Gasteiger partial charge < -0.3 is 20.6 Å². The Morgan fingerprint density at radius 3 is 2.40 bits per heavy atom. The van der Waals surface area contributed by atoms with Gasteiger partial charge in [-0.25, -0.2) is 9.59 Å². The molecule has 3 N–H and O–H groups in total. The summed E-state index contributed by atoms with van der Waals surface area (Å²) in [6.07, 6.45) is 0.887. The Bertz CT molecular complexity index is 365. The lowest BCUT2D eigenvalue weighted by molar-refractivity contribution is -0.141. The molecule has 2 amide bonds. The van der Waals surface area contributed by atoms with Crippen molar-refractivity contribution in [3.8, 4) is 0 Å². The number of urea groups is 1. The Labute approximate surface area is 120 Å². The molecule has 6 nitrogen and oxygen atoms in total. The third-order valence-corrected chi connectivity index (χ3v) is 3.81. The van der Waals surface area contributed by atoms with Gasteiger partial charge in [-0.15, -0.1) is 0 Å². The van der Waals surface area contributed by atoms with E-state index in [0.29, 0.717) is 5.92 Å². The number of carboxylic acids is 1. The molecule has 0 bridgehead atoms. The van der Waals surface area contributed by atoms with Gasteiger partial charge in [0.25, 0.3) is 0 Å². The minimum atomic E-state index is -1.01. The Kier molecular flexibility index (Phi) is 5.39. The first kappa shape index (κ1) is 16.8. The zero-order chi connectivity index (χ0) is 15.5. The molecular weight excluding hydrogens is 258 g/mol. The normalized spacial score (nSPS) is 25.9. The maximum absolute atomic E-state index is 12.0. The summed E-state index contributed by atoms with van der Waals surface area (Å²) in [5.74, 6) is -0.651. The van der Waals surface area contributed by atoms with E-state index in [-0.39, 0.29) is 6.04 Å². The van der Waals surface area contributed by atoms with Gasteiger partial charge in [0.2, 0.25) is 0 Å². The first-order valence-electron chi connectivity index (χ1n) is 7.09. The van der Waals surface area contributed by atoms with E-state index in [1.807, 2.05) is 0 Å². The minimum Gasteiger partial charge on any atom is -0.480 e. The first-order valence-corrected chi connectivity index (χ1v) is 7.09. The highest BCUT2D eigenvalue weighted by atomic mass is 16.4. The van der Waals surface area contributed by atoms with Crippen LogP contribution in [0.1, 0.15) is 34.1 Å². The maximum Gasteiger partial charge on any atom is 0.326 e. The van der Waals surface area contributed by atoms with E-state index in [1.165, 1.54) is 0 Å². The van der Waals surface area contributed by atoms with Crippen LogP contribution in [0.15, 0.2) is 0 Å². The number of hydrogen-bond acceptors (Lipinski definition) is 3. The molecule has 0 aliphatic carbocycles. The van der Waals surface area contributed by atoms with Crippen LogP contribution >= 0.6 is 0 Å². The average molecular weight is 285 g/mol. The topological polar surface area (TPSA) is 81.7 Å². The molecule has 0 radical (unpaired) electrons. The summed E-state index contributed by atoms with van der Waals surface area (Å²) >= 11 is 0. The SMILES string of the molecule is CC1CN(C)CCC1NC(=O)N[C@@H](C(=O)O)C(C)(C)C. The number of rotatable bonds is 3. The van der Waals surface area contributed by atoms with Crippen LogP contribution in [-0.2, 0) is 4.79 Å². The number of nitrogens with one attached hydrogen (secondary N) is 2. The third kappa shape index (κ3) is 4.67. The summed E-state index contributed by atoms with van der Waals surface area (Å²) in [5, 5.41) is 14.7. The number of aliphatic carboxylic acids is 1. The molecule has 0 aromatic rings. The zero-order valence-electron chi connectivity index (χ0n) is 13.1. The standard InChI is InChI=1S/C14H27N3O3/c1-9-8-17(5)7-6-10(9)15-13(20)16-11(12(18)19)14(2,3)4/h9-11H,6-8H2,1-5H3,(H,18,19)(H2,15,16,20)/t9?,10?,11-/m0/s1. The van der Waals surface area contributed by atoms with Crippen LogP contribution < -0.4 is 10.6 Å². The van der Waals surface area contributed by atoms with Crippen molar-refractivity contribution >= 4 is 12.0 Å². The lowest BCUT2D eigenvalue weighted by atomic mass is 9.87. The van der Waals surface area contributed by atoms with E-state index in [9.17, 15) is 14.7 Å². The number of amides is 2. The average Bonchev–Trinajstić information content (AvgIpc) is 2.28. The molecule has 0 spiro atoms. The first-order chi connectivity index (χ1) is 9.11. The van der Waals surface area contributed by atoms with Crippen molar-refractivity contribution < 1.29 is 14.7 Å². The quantitative estimate of drug-likeness (QED) is 0.726. The molecule has 0 aromatic carbocycles. The van der Waals surface area contributed by atoms with Crippen molar-refractivity contribution in [1.29, 1.82) is 0 Å². The maximum atomic E-state index is 12.0. The van der Waals surface area contributed by atoms with Crippen molar-refractivity contribution in [2.24, 2.45) is 11.3 Å². The molecule has 116 valence electrons. The molecule has 2 unspecified atom stereocenters. The van der Waals surface area contributed by atoms with Crippen molar-refractivity contribution in [2.45, 2.75) is 46.2 Å². The van der Waals surface area contributed by atoms with Crippen LogP contribution in [0.3, 0.4) is 0 Å². The van der Waals surface area contributed by atoms with Crippen LogP contribution in [0.5, 0.6) is 0 Å². The van der Waals surface area contributed by atoms with Crippen molar-refractivity contribution in [3.63, 3.8) is 0 Å². The third-order valence-electron chi connectivity index (χ3n) is 3.81. The number of carboxylic acid groups (broad SMARTS) is 1. The molecule has 20 heavy (non-hydrogen) atoms. The van der Waals surface area contributed by atoms with Crippen LogP contribution in [0.2, 0.25) is 0 Å². The molecule has 1 heterocycles. The summed E-state index contributed by atoms with van der Waals surface area (Å²) in [5.41, 5.74) is -0.526. The number of likely N-dealkylation sites (tertiary alicyclic amines) is 1. The fourth-order valence-electron chi connectivity index (χ4n) is 2.56. The summed E-state index contributed by atoms with van der Waals surface area (Å²) in [6.45, 7) is 9.36. The molecule has 0 saturated carbocycles. The largest absolute Gasteiger partial charge is 0.480 e. The number of piperidine rings is 1. The Morgan fingerprint density at radius 1 is 1.35 bits per heavy atom. The van der Waals surface area contributed by atoms with Crippen LogP contribution in [0.4, 0.5) is 4.79 Å². The lowest BCUT2D eigenvalue weighted by Gasteiger charge is -2.36. The van der Waals surface area contributed by atoms with Gasteiger partial charge in [0, 0.05) is 12.6 Å². The highest BCUT2D eigenvalue weighted by molar-refractivity contribution is 5.83. The second-order valence-electron chi connectivity index (χ2n) is 6.89. The van der Waals surface area contributed by atoms with E-state index >= 15 is 0 Å². The second kappa shape index (κ2) is 6.43. The fraction of sp³-hybridized carbons (Fsp3) is 0.857. The Balaban J connectivity index is 2.56. The predicted molar refractivity (Wildman–Crippen MR) is 77.6 cm³/mol. The number of nitrogens with zero attached hydrogens (tertiary/aromatic N) is 1. The molecule has 1 rings (SSSR count). The molecule has 1 saturated heterocycles. The summed E-state index contributed by atoms with van der Waals surface area (Å²) < 4.78 is 0. The molecule has 1 fully saturated rings. The van der Waals surface area contributed by atoms with Crippen LogP contribution in [0, 0.1) is 11.3 Å². The fourth-order valence-corrected chi connectivity index (χ4v) is 2.56. The molecule has 1 aliphatic heterocycles. The zero-order valence-corrected chi connectivity index (χ0v) is 13.1. The van der Waals surface area contributed by atoms with E-state index in [0.717, 1.165) is 19.5 Å². The number of hydrogen-bond donors (Lipinski definition) is 3. The van der Waals surface area contributed by atoms with Crippen molar-refractivity contribution in [3.05, 3.63) is 0 Å². The predicted octanol–water partition coefficient (Wildman–Crippen LogP) is 1.13. The number of carbonyl (C=O) groups excluding carboxylic acids is 1. The van der Waals surface area contributed by atoms with Gasteiger partial charge in [-0.2, -0.15) is 0 Å². The van der Waals surface area contributed by atoms with Gasteiger partial charge in [-0.05, 0) is 31.3 Å². The molecule has 1 aliphatic rings. The van der Waals surface area contributed by atoms with Gasteiger partial charge in [0.05, 0.1) is 0 Å². The van der Waals surface area contributed by atoms with Gasteiger partial charge >= 0.3 is 12.0 Å². The number of carbonyl (C=O) groups is 2. The van der Waals surface area contributed by atoms with E-state index in [4.69, 9.17) is 0 Å². The molecular formula is C14H27N3O3. The molecule has 6 heteroatoms. The van der Waals surface area contributed by atoms with E-state index < -0.39 is 23.5 Å². The van der Waals surface area contributed by atoms with E-state index in [2.05, 4.69) is 29.5 Å². The van der Waals surface area contributed by atoms with E-state index in [1.54, 1.807) is 20.8 Å². The van der Waals surface area contributed by atoms with Crippen molar-refractivity contribution in [1.82, 2.24) is 15.5 Å². The highest BCUT2D eigenvalue weighted by Gasteiger charge is 2.33. The highest BCUT2D eigenvalue weighted by Crippen LogP contribution is 2.20. The van der Waals surface area contributed by atoms with Crippen molar-refractivity contribution in [2.75, 3.05) is 20.1 Å². The summed E-state index contributed by atoms with van der Waals surface area (Å²) in [6, 6.07) is -1.20. The smallest absolute Gasteiger partial charge is 0.326 e. The summed E-state index contributed by atoms with van der Waals surface area (Å²) in [4.78, 5) is 25.5. The van der Waals surface area contributed by atoms with Gasteiger partial charge in [-0.3, -0.25) is 0 Å². The Hall–Kier alpha value is -1.30. The minimum absolute atomic E-state index is 0.0978. The van der Waals surface area contributed by atoms with Crippen LogP contribution in [-0.4, -0.2) is 54.2 Å². The van der Waals surface area contributed by atoms with Gasteiger partial charge in [0.15, 0.2) is 0 Å².